The minimum Gasteiger partial charge on any atom is -0.496 e. The maximum atomic E-state index is 12.1. The van der Waals surface area contributed by atoms with Crippen molar-refractivity contribution in [3.05, 3.63) is 54.1 Å². The van der Waals surface area contributed by atoms with Crippen LogP contribution in [0.25, 0.3) is 0 Å². The number of hydrogen-bond acceptors (Lipinski definition) is 4. The third kappa shape index (κ3) is 3.99. The molecule has 110 valence electrons. The van der Waals surface area contributed by atoms with E-state index in [9.17, 15) is 4.79 Å². The zero-order chi connectivity index (χ0) is 15.1. The maximum Gasteiger partial charge on any atom is 0.203 e. The number of methoxy groups -OCH3 is 1. The SMILES string of the molecule is CCOc1ccc(OCC(=O)c2ccccc2OC)cc1. The second-order valence-electron chi connectivity index (χ2n) is 4.32. The Balaban J connectivity index is 1.97. The van der Waals surface area contributed by atoms with Crippen molar-refractivity contribution in [3.8, 4) is 17.2 Å². The summed E-state index contributed by atoms with van der Waals surface area (Å²) in [5, 5.41) is 0. The zero-order valence-corrected chi connectivity index (χ0v) is 12.2. The Kier molecular flexibility index (Phi) is 5.21. The van der Waals surface area contributed by atoms with Crippen LogP contribution >= 0.6 is 0 Å². The third-order valence-corrected chi connectivity index (χ3v) is 2.91. The van der Waals surface area contributed by atoms with Crippen molar-refractivity contribution >= 4 is 5.78 Å². The number of carbonyl (C=O) groups is 1. The lowest BCUT2D eigenvalue weighted by molar-refractivity contribution is 0.0918. The van der Waals surface area contributed by atoms with E-state index in [0.29, 0.717) is 23.7 Å². The van der Waals surface area contributed by atoms with Crippen LogP contribution in [0.3, 0.4) is 0 Å². The van der Waals surface area contributed by atoms with Gasteiger partial charge in [0.2, 0.25) is 5.78 Å². The van der Waals surface area contributed by atoms with Crippen LogP contribution in [0.5, 0.6) is 17.2 Å². The Morgan fingerprint density at radius 2 is 1.57 bits per heavy atom. The van der Waals surface area contributed by atoms with Gasteiger partial charge in [-0.1, -0.05) is 12.1 Å². The van der Waals surface area contributed by atoms with Crippen molar-refractivity contribution in [2.24, 2.45) is 0 Å². The molecule has 0 saturated carbocycles. The van der Waals surface area contributed by atoms with E-state index in [1.54, 1.807) is 37.4 Å². The van der Waals surface area contributed by atoms with E-state index in [1.807, 2.05) is 25.1 Å². The Morgan fingerprint density at radius 3 is 2.19 bits per heavy atom. The van der Waals surface area contributed by atoms with Crippen LogP contribution in [0, 0.1) is 0 Å². The van der Waals surface area contributed by atoms with Gasteiger partial charge in [0.25, 0.3) is 0 Å². The highest BCUT2D eigenvalue weighted by Gasteiger charge is 2.12. The molecule has 0 aliphatic heterocycles. The lowest BCUT2D eigenvalue weighted by Crippen LogP contribution is -2.12. The lowest BCUT2D eigenvalue weighted by atomic mass is 10.1. The summed E-state index contributed by atoms with van der Waals surface area (Å²) in [7, 11) is 1.54. The fraction of sp³-hybridized carbons (Fsp3) is 0.235. The molecule has 0 unspecified atom stereocenters. The third-order valence-electron chi connectivity index (χ3n) is 2.91. The van der Waals surface area contributed by atoms with Crippen molar-refractivity contribution in [2.75, 3.05) is 20.3 Å². The van der Waals surface area contributed by atoms with Gasteiger partial charge in [-0.25, -0.2) is 0 Å². The van der Waals surface area contributed by atoms with E-state index in [4.69, 9.17) is 14.2 Å². The predicted molar refractivity (Wildman–Crippen MR) is 80.4 cm³/mol. The molecule has 2 aromatic carbocycles. The Labute approximate surface area is 124 Å². The molecule has 4 nitrogen and oxygen atoms in total. The minimum atomic E-state index is -0.124. The van der Waals surface area contributed by atoms with Crippen LogP contribution in [-0.2, 0) is 0 Å². The van der Waals surface area contributed by atoms with E-state index >= 15 is 0 Å². The van der Waals surface area contributed by atoms with Gasteiger partial charge in [-0.3, -0.25) is 4.79 Å². The van der Waals surface area contributed by atoms with Crippen LogP contribution in [0.1, 0.15) is 17.3 Å². The molecule has 0 bridgehead atoms. The Bertz CT molecular complexity index is 590. The zero-order valence-electron chi connectivity index (χ0n) is 12.2. The molecule has 0 amide bonds. The van der Waals surface area contributed by atoms with Crippen molar-refractivity contribution in [1.82, 2.24) is 0 Å². The molecule has 21 heavy (non-hydrogen) atoms. The first-order valence-corrected chi connectivity index (χ1v) is 6.76. The number of para-hydroxylation sites is 1. The standard InChI is InChI=1S/C17H18O4/c1-3-20-13-8-10-14(11-9-13)21-12-16(18)15-6-4-5-7-17(15)19-2/h4-11H,3,12H2,1-2H3. The summed E-state index contributed by atoms with van der Waals surface area (Å²) in [6, 6.07) is 14.3. The highest BCUT2D eigenvalue weighted by molar-refractivity contribution is 5.99. The molecular weight excluding hydrogens is 268 g/mol. The quantitative estimate of drug-likeness (QED) is 0.732. The smallest absolute Gasteiger partial charge is 0.203 e. The summed E-state index contributed by atoms with van der Waals surface area (Å²) in [6.07, 6.45) is 0. The molecule has 0 aliphatic carbocycles. The van der Waals surface area contributed by atoms with Crippen molar-refractivity contribution in [3.63, 3.8) is 0 Å². The van der Waals surface area contributed by atoms with Gasteiger partial charge in [0, 0.05) is 0 Å². The summed E-state index contributed by atoms with van der Waals surface area (Å²) in [5.74, 6) is 1.83. The Morgan fingerprint density at radius 1 is 0.952 bits per heavy atom. The van der Waals surface area contributed by atoms with Crippen molar-refractivity contribution in [1.29, 1.82) is 0 Å². The Hall–Kier alpha value is -2.49. The summed E-state index contributed by atoms with van der Waals surface area (Å²) in [5.41, 5.74) is 0.519. The summed E-state index contributed by atoms with van der Waals surface area (Å²) in [4.78, 5) is 12.1. The highest BCUT2D eigenvalue weighted by atomic mass is 16.5. The largest absolute Gasteiger partial charge is 0.496 e. The van der Waals surface area contributed by atoms with Gasteiger partial charge in [0.1, 0.15) is 17.2 Å². The molecule has 0 fully saturated rings. The predicted octanol–water partition coefficient (Wildman–Crippen LogP) is 3.36. The number of ketones is 1. The molecule has 0 radical (unpaired) electrons. The van der Waals surface area contributed by atoms with Crippen LogP contribution in [0.15, 0.2) is 48.5 Å². The molecule has 0 heterocycles. The number of rotatable bonds is 7. The van der Waals surface area contributed by atoms with Gasteiger partial charge < -0.3 is 14.2 Å². The van der Waals surface area contributed by atoms with Gasteiger partial charge >= 0.3 is 0 Å². The lowest BCUT2D eigenvalue weighted by Gasteiger charge is -2.09. The molecule has 2 rings (SSSR count). The fourth-order valence-electron chi connectivity index (χ4n) is 1.90. The van der Waals surface area contributed by atoms with Crippen LogP contribution in [0.2, 0.25) is 0 Å². The average Bonchev–Trinajstić information content (AvgIpc) is 2.54. The first kappa shape index (κ1) is 14.9. The van der Waals surface area contributed by atoms with E-state index in [1.165, 1.54) is 0 Å². The number of ether oxygens (including phenoxy) is 3. The monoisotopic (exact) mass is 286 g/mol. The molecule has 0 aliphatic rings. The maximum absolute atomic E-state index is 12.1. The minimum absolute atomic E-state index is 0.0334. The van der Waals surface area contributed by atoms with E-state index in [-0.39, 0.29) is 12.4 Å². The van der Waals surface area contributed by atoms with Gasteiger partial charge in [-0.15, -0.1) is 0 Å². The van der Waals surface area contributed by atoms with E-state index in [0.717, 1.165) is 5.75 Å². The van der Waals surface area contributed by atoms with Crippen LogP contribution in [-0.4, -0.2) is 26.1 Å². The van der Waals surface area contributed by atoms with E-state index in [2.05, 4.69) is 0 Å². The summed E-state index contributed by atoms with van der Waals surface area (Å²) >= 11 is 0. The van der Waals surface area contributed by atoms with Gasteiger partial charge in [0.15, 0.2) is 6.61 Å². The summed E-state index contributed by atoms with van der Waals surface area (Å²) in [6.45, 7) is 2.51. The van der Waals surface area contributed by atoms with Crippen LogP contribution < -0.4 is 14.2 Å². The normalized spacial score (nSPS) is 10.0. The highest BCUT2D eigenvalue weighted by Crippen LogP contribution is 2.20. The first-order valence-electron chi connectivity index (χ1n) is 6.76. The summed E-state index contributed by atoms with van der Waals surface area (Å²) < 4.78 is 16.0. The van der Waals surface area contributed by atoms with Gasteiger partial charge in [0.05, 0.1) is 19.3 Å². The first-order chi connectivity index (χ1) is 10.2. The van der Waals surface area contributed by atoms with Crippen LogP contribution in [0.4, 0.5) is 0 Å². The molecular formula is C17H18O4. The molecule has 0 atom stereocenters. The second kappa shape index (κ2) is 7.33. The topological polar surface area (TPSA) is 44.8 Å². The van der Waals surface area contributed by atoms with Crippen molar-refractivity contribution < 1.29 is 19.0 Å². The molecule has 0 saturated heterocycles. The van der Waals surface area contributed by atoms with Crippen molar-refractivity contribution in [2.45, 2.75) is 6.92 Å². The number of Topliss-reactive ketones (excluding diaryl/α,β-unsaturated/α-hetero) is 1. The fourth-order valence-corrected chi connectivity index (χ4v) is 1.90. The molecule has 0 N–H and O–H groups in total. The second-order valence-corrected chi connectivity index (χ2v) is 4.32. The van der Waals surface area contributed by atoms with Gasteiger partial charge in [-0.05, 0) is 43.3 Å². The molecule has 4 heteroatoms. The number of carbonyl (C=O) groups excluding carboxylic acids is 1. The molecule has 0 aromatic heterocycles. The number of benzene rings is 2. The van der Waals surface area contributed by atoms with E-state index < -0.39 is 0 Å². The average molecular weight is 286 g/mol. The van der Waals surface area contributed by atoms with Gasteiger partial charge in [-0.2, -0.15) is 0 Å². The molecule has 0 spiro atoms. The number of hydrogen-bond donors (Lipinski definition) is 0. The molecule has 2 aromatic rings.